The largest absolute Gasteiger partial charge is 0.494 e. The number of rotatable bonds is 11. The lowest BCUT2D eigenvalue weighted by atomic mass is 9.93. The Hall–Kier alpha value is -3.46. The average Bonchev–Trinajstić information content (AvgIpc) is 3.36. The van der Waals surface area contributed by atoms with Crippen LogP contribution in [0.1, 0.15) is 28.4 Å². The first-order valence-electron chi connectivity index (χ1n) is 14.7. The van der Waals surface area contributed by atoms with Crippen LogP contribution < -0.4 is 15.0 Å². The summed E-state index contributed by atoms with van der Waals surface area (Å²) in [6, 6.07) is 12.4. The molecule has 2 aromatic carbocycles. The summed E-state index contributed by atoms with van der Waals surface area (Å²) in [5, 5.41) is 3.04. The molecule has 1 fully saturated rings. The van der Waals surface area contributed by atoms with E-state index in [-0.39, 0.29) is 18.1 Å². The minimum Gasteiger partial charge on any atom is -0.494 e. The van der Waals surface area contributed by atoms with Crippen molar-refractivity contribution in [3.05, 3.63) is 71.0 Å². The van der Waals surface area contributed by atoms with Crippen molar-refractivity contribution >= 4 is 27.3 Å². The first-order valence-corrected chi connectivity index (χ1v) is 16.6. The van der Waals surface area contributed by atoms with E-state index in [1.807, 2.05) is 30.3 Å². The van der Waals surface area contributed by atoms with Gasteiger partial charge in [-0.3, -0.25) is 4.90 Å². The zero-order valence-corrected chi connectivity index (χ0v) is 26.7. The number of sulfonamides is 1. The maximum absolute atomic E-state index is 14.2. The van der Waals surface area contributed by atoms with Crippen molar-refractivity contribution in [2.75, 3.05) is 77.1 Å². The summed E-state index contributed by atoms with van der Waals surface area (Å²) in [5.74, 6) is 0.0227. The number of aromatic nitrogens is 2. The Balaban J connectivity index is 1.39. The molecule has 244 valence electrons. The number of hydrogen-bond acceptors (Lipinski definition) is 9. The topological polar surface area (TPSA) is 100 Å². The highest BCUT2D eigenvalue weighted by Gasteiger charge is 2.41. The molecular weight excluding hydrogens is 609 g/mol. The maximum atomic E-state index is 14.2. The van der Waals surface area contributed by atoms with Crippen LogP contribution in [0, 0.1) is 5.92 Å². The van der Waals surface area contributed by atoms with Crippen LogP contribution in [-0.2, 0) is 33.8 Å². The fraction of sp³-hybridized carbons (Fsp3) is 0.484. The van der Waals surface area contributed by atoms with Crippen LogP contribution in [0.5, 0.6) is 5.75 Å². The van der Waals surface area contributed by atoms with E-state index in [1.165, 1.54) is 18.5 Å². The molecule has 2 aliphatic rings. The number of hydrogen-bond donors (Lipinski definition) is 1. The van der Waals surface area contributed by atoms with Gasteiger partial charge in [-0.15, -0.1) is 0 Å². The molecular formula is C31H39F3N6O4S. The van der Waals surface area contributed by atoms with Crippen molar-refractivity contribution in [1.29, 1.82) is 0 Å². The van der Waals surface area contributed by atoms with Crippen LogP contribution in [0.25, 0.3) is 0 Å². The van der Waals surface area contributed by atoms with Gasteiger partial charge in [-0.05, 0) is 42.0 Å². The van der Waals surface area contributed by atoms with Crippen molar-refractivity contribution in [3.8, 4) is 5.75 Å². The summed E-state index contributed by atoms with van der Waals surface area (Å²) in [6.45, 7) is 5.06. The number of alkyl halides is 3. The van der Waals surface area contributed by atoms with Crippen LogP contribution in [0.3, 0.4) is 0 Å². The van der Waals surface area contributed by atoms with Crippen molar-refractivity contribution in [3.63, 3.8) is 0 Å². The molecule has 0 radical (unpaired) electrons. The lowest BCUT2D eigenvalue weighted by Crippen LogP contribution is -2.47. The number of methoxy groups -OCH3 is 2. The van der Waals surface area contributed by atoms with Crippen molar-refractivity contribution < 1.29 is 31.1 Å². The number of halogens is 3. The van der Waals surface area contributed by atoms with Gasteiger partial charge in [0.25, 0.3) is 0 Å². The fourth-order valence-corrected chi connectivity index (χ4v) is 6.91. The first-order chi connectivity index (χ1) is 21.4. The van der Waals surface area contributed by atoms with Crippen molar-refractivity contribution in [2.45, 2.75) is 25.1 Å². The summed E-state index contributed by atoms with van der Waals surface area (Å²) in [5.41, 5.74) is 2.03. The number of anilines is 3. The molecule has 1 saturated heterocycles. The molecule has 10 nitrogen and oxygen atoms in total. The third-order valence-corrected chi connectivity index (χ3v) is 9.90. The summed E-state index contributed by atoms with van der Waals surface area (Å²) in [4.78, 5) is 12.9. The summed E-state index contributed by atoms with van der Waals surface area (Å²) >= 11 is 0. The Morgan fingerprint density at radius 1 is 1.09 bits per heavy atom. The Bertz CT molecular complexity index is 1600. The zero-order valence-electron chi connectivity index (χ0n) is 25.8. The second-order valence-corrected chi connectivity index (χ2v) is 13.5. The molecule has 1 aromatic heterocycles. The quantitative estimate of drug-likeness (QED) is 0.325. The molecule has 5 rings (SSSR count). The molecule has 3 aromatic rings. The van der Waals surface area contributed by atoms with Gasteiger partial charge >= 0.3 is 6.18 Å². The van der Waals surface area contributed by atoms with E-state index < -0.39 is 33.7 Å². The second kappa shape index (κ2) is 13.5. The van der Waals surface area contributed by atoms with Crippen molar-refractivity contribution in [2.24, 2.45) is 5.92 Å². The number of benzene rings is 2. The molecule has 0 saturated carbocycles. The highest BCUT2D eigenvalue weighted by molar-refractivity contribution is 7.88. The average molecular weight is 649 g/mol. The van der Waals surface area contributed by atoms with Gasteiger partial charge < -0.3 is 19.7 Å². The zero-order chi connectivity index (χ0) is 32.4. The van der Waals surface area contributed by atoms with Crippen molar-refractivity contribution in [1.82, 2.24) is 19.2 Å². The lowest BCUT2D eigenvalue weighted by Gasteiger charge is -2.36. The summed E-state index contributed by atoms with van der Waals surface area (Å²) in [7, 11) is 1.06. The monoisotopic (exact) mass is 648 g/mol. The lowest BCUT2D eigenvalue weighted by molar-refractivity contribution is -0.138. The fourth-order valence-electron chi connectivity index (χ4n) is 6.21. The van der Waals surface area contributed by atoms with Crippen LogP contribution >= 0.6 is 0 Å². The van der Waals surface area contributed by atoms with Crippen LogP contribution in [0.15, 0.2) is 48.7 Å². The molecule has 1 aliphatic heterocycles. The molecule has 2 heterocycles. The number of piperazine rings is 1. The standard InChI is InChI=1S/C31H39F3N6O4S/c1-38(45(4,41)42)29-22(17-21-7-5-6-8-24(21)29)18-27-25(31(32,33)34)20-35-30(37-27)36-26-10-9-23(19-28(26)44-3)40-13-11-39(12-14-40)15-16-43-2/h5-10,19-20,22,29H,11-18H2,1-4H3,(H,35,36,37)/t22-,29-/m0/s1. The normalized spacial score (nSPS) is 19.2. The molecule has 14 heteroatoms. The maximum Gasteiger partial charge on any atom is 0.419 e. The number of nitrogens with zero attached hydrogens (tertiary/aromatic N) is 5. The first kappa shape index (κ1) is 32.9. The number of nitrogens with one attached hydrogen (secondary N) is 1. The Morgan fingerprint density at radius 2 is 1.82 bits per heavy atom. The van der Waals surface area contributed by atoms with E-state index in [1.54, 1.807) is 19.2 Å². The van der Waals surface area contributed by atoms with Crippen LogP contribution in [0.2, 0.25) is 0 Å². The third kappa shape index (κ3) is 7.51. The smallest absolute Gasteiger partial charge is 0.419 e. The Kier molecular flexibility index (Phi) is 9.87. The Morgan fingerprint density at radius 3 is 2.49 bits per heavy atom. The van der Waals surface area contributed by atoms with Gasteiger partial charge in [0.2, 0.25) is 16.0 Å². The van der Waals surface area contributed by atoms with Gasteiger partial charge in [-0.1, -0.05) is 24.3 Å². The highest BCUT2D eigenvalue weighted by Crippen LogP contribution is 2.44. The van der Waals surface area contributed by atoms with E-state index in [2.05, 4.69) is 25.1 Å². The number of ether oxygens (including phenoxy) is 2. The second-order valence-electron chi connectivity index (χ2n) is 11.5. The highest BCUT2D eigenvalue weighted by atomic mass is 32.2. The van der Waals surface area contributed by atoms with E-state index in [4.69, 9.17) is 9.47 Å². The summed E-state index contributed by atoms with van der Waals surface area (Å²) < 4.78 is 79.6. The van der Waals surface area contributed by atoms with Gasteiger partial charge in [0, 0.05) is 64.8 Å². The summed E-state index contributed by atoms with van der Waals surface area (Å²) in [6.07, 6.45) is -2.49. The molecule has 45 heavy (non-hydrogen) atoms. The van der Waals surface area contributed by atoms with Gasteiger partial charge in [0.05, 0.1) is 43.0 Å². The molecule has 0 amide bonds. The van der Waals surface area contributed by atoms with Gasteiger partial charge in [0.1, 0.15) is 5.75 Å². The van der Waals surface area contributed by atoms with Crippen LogP contribution in [0.4, 0.5) is 30.5 Å². The molecule has 0 unspecified atom stereocenters. The van der Waals surface area contributed by atoms with E-state index in [0.29, 0.717) is 24.5 Å². The van der Waals surface area contributed by atoms with Gasteiger partial charge in [-0.2, -0.15) is 17.5 Å². The Labute approximate surface area is 262 Å². The predicted molar refractivity (Wildman–Crippen MR) is 167 cm³/mol. The minimum atomic E-state index is -4.69. The molecule has 0 bridgehead atoms. The van der Waals surface area contributed by atoms with Crippen LogP contribution in [-0.4, -0.2) is 94.4 Å². The van der Waals surface area contributed by atoms with Gasteiger partial charge in [0.15, 0.2) is 0 Å². The molecule has 1 aliphatic carbocycles. The molecule has 1 N–H and O–H groups in total. The van der Waals surface area contributed by atoms with E-state index in [0.717, 1.165) is 62.0 Å². The minimum absolute atomic E-state index is 0.0145. The third-order valence-electron chi connectivity index (χ3n) is 8.63. The van der Waals surface area contributed by atoms with E-state index >= 15 is 0 Å². The molecule has 2 atom stereocenters. The van der Waals surface area contributed by atoms with Gasteiger partial charge in [-0.25, -0.2) is 18.4 Å². The molecule has 0 spiro atoms. The van der Waals surface area contributed by atoms with E-state index in [9.17, 15) is 21.6 Å². The predicted octanol–water partition coefficient (Wildman–Crippen LogP) is 4.36. The number of fused-ring (bicyclic) bond motifs is 1. The SMILES string of the molecule is COCCN1CCN(c2ccc(Nc3ncc(C(F)(F)F)c(C[C@@H]4Cc5ccccc5[C@H]4N(C)S(C)(=O)=O)n3)c(OC)c2)CC1.